The minimum atomic E-state index is -0.428. The van der Waals surface area contributed by atoms with Gasteiger partial charge in [0.05, 0.1) is 11.5 Å². The van der Waals surface area contributed by atoms with Crippen molar-refractivity contribution in [2.75, 3.05) is 13.1 Å². The minimum Gasteiger partial charge on any atom is -0.391 e. The van der Waals surface area contributed by atoms with E-state index < -0.39 is 6.10 Å². The van der Waals surface area contributed by atoms with E-state index in [1.54, 1.807) is 0 Å². The third-order valence-corrected chi connectivity index (χ3v) is 3.80. The van der Waals surface area contributed by atoms with Crippen LogP contribution in [0.2, 0.25) is 0 Å². The van der Waals surface area contributed by atoms with E-state index in [0.717, 1.165) is 38.5 Å². The number of carbonyl (C=O) groups excluding carboxylic acids is 1. The highest BCUT2D eigenvalue weighted by Crippen LogP contribution is 2.35. The number of amides is 1. The molecule has 0 radical (unpaired) electrons. The Morgan fingerprint density at radius 3 is 2.59 bits per heavy atom. The van der Waals surface area contributed by atoms with Gasteiger partial charge in [0.25, 0.3) is 0 Å². The van der Waals surface area contributed by atoms with E-state index in [1.807, 2.05) is 6.92 Å². The Balaban J connectivity index is 2.43. The molecular formula is C13H26N2O2. The molecule has 0 spiro atoms. The molecule has 0 bridgehead atoms. The van der Waals surface area contributed by atoms with Crippen LogP contribution in [0.3, 0.4) is 0 Å². The van der Waals surface area contributed by atoms with Crippen LogP contribution >= 0.6 is 0 Å². The topological polar surface area (TPSA) is 75.3 Å². The average molecular weight is 242 g/mol. The van der Waals surface area contributed by atoms with E-state index in [1.165, 1.54) is 6.42 Å². The highest BCUT2D eigenvalue weighted by molar-refractivity contribution is 5.83. The Morgan fingerprint density at radius 2 is 2.06 bits per heavy atom. The van der Waals surface area contributed by atoms with E-state index in [0.29, 0.717) is 13.1 Å². The van der Waals surface area contributed by atoms with Crippen LogP contribution in [0.15, 0.2) is 0 Å². The summed E-state index contributed by atoms with van der Waals surface area (Å²) < 4.78 is 0. The summed E-state index contributed by atoms with van der Waals surface area (Å²) in [5, 5.41) is 12.5. The predicted octanol–water partition coefficient (Wildman–Crippen LogP) is 1.17. The number of aliphatic hydroxyl groups excluding tert-OH is 1. The number of hydrogen-bond donors (Lipinski definition) is 3. The number of nitrogens with two attached hydrogens (primary N) is 1. The van der Waals surface area contributed by atoms with E-state index in [-0.39, 0.29) is 11.3 Å². The van der Waals surface area contributed by atoms with Crippen LogP contribution in [0.5, 0.6) is 0 Å². The van der Waals surface area contributed by atoms with Crippen LogP contribution in [0, 0.1) is 5.41 Å². The number of rotatable bonds is 6. The Morgan fingerprint density at radius 1 is 1.41 bits per heavy atom. The first kappa shape index (κ1) is 14.5. The summed E-state index contributed by atoms with van der Waals surface area (Å²) in [5.74, 6) is 0.0369. The van der Waals surface area contributed by atoms with Crippen molar-refractivity contribution in [2.45, 2.75) is 58.0 Å². The molecule has 1 aliphatic rings. The van der Waals surface area contributed by atoms with Crippen molar-refractivity contribution >= 4 is 5.91 Å². The SMILES string of the molecule is CCCC(O)CNC(=O)C1(CN)CCCCC1. The van der Waals surface area contributed by atoms with Crippen molar-refractivity contribution in [3.05, 3.63) is 0 Å². The lowest BCUT2D eigenvalue weighted by Crippen LogP contribution is -2.48. The first-order chi connectivity index (χ1) is 8.14. The molecule has 1 saturated carbocycles. The second-order valence-electron chi connectivity index (χ2n) is 5.20. The largest absolute Gasteiger partial charge is 0.391 e. The van der Waals surface area contributed by atoms with Gasteiger partial charge in [-0.15, -0.1) is 0 Å². The summed E-state index contributed by atoms with van der Waals surface area (Å²) in [6.45, 7) is 2.80. The lowest BCUT2D eigenvalue weighted by Gasteiger charge is -2.34. The van der Waals surface area contributed by atoms with Crippen molar-refractivity contribution in [3.63, 3.8) is 0 Å². The van der Waals surface area contributed by atoms with Gasteiger partial charge in [0.15, 0.2) is 0 Å². The third kappa shape index (κ3) is 3.96. The minimum absolute atomic E-state index is 0.0369. The lowest BCUT2D eigenvalue weighted by molar-refractivity contribution is -0.132. The molecule has 0 saturated heterocycles. The van der Waals surface area contributed by atoms with E-state index in [9.17, 15) is 9.90 Å². The zero-order chi connectivity index (χ0) is 12.7. The van der Waals surface area contributed by atoms with E-state index in [4.69, 9.17) is 5.73 Å². The molecule has 4 nitrogen and oxygen atoms in total. The molecule has 0 aliphatic heterocycles. The van der Waals surface area contributed by atoms with Crippen molar-refractivity contribution in [2.24, 2.45) is 11.1 Å². The van der Waals surface area contributed by atoms with Crippen molar-refractivity contribution in [1.82, 2.24) is 5.32 Å². The number of carbonyl (C=O) groups is 1. The smallest absolute Gasteiger partial charge is 0.227 e. The van der Waals surface area contributed by atoms with Gasteiger partial charge in [0.1, 0.15) is 0 Å². The monoisotopic (exact) mass is 242 g/mol. The molecule has 1 rings (SSSR count). The highest BCUT2D eigenvalue weighted by atomic mass is 16.3. The summed E-state index contributed by atoms with van der Waals surface area (Å²) in [7, 11) is 0. The van der Waals surface area contributed by atoms with Crippen molar-refractivity contribution in [1.29, 1.82) is 0 Å². The maximum absolute atomic E-state index is 12.2. The molecule has 4 N–H and O–H groups in total. The average Bonchev–Trinajstić information content (AvgIpc) is 2.37. The molecule has 100 valence electrons. The molecule has 1 amide bonds. The van der Waals surface area contributed by atoms with E-state index >= 15 is 0 Å². The van der Waals surface area contributed by atoms with Crippen LogP contribution in [0.4, 0.5) is 0 Å². The van der Waals surface area contributed by atoms with Crippen LogP contribution in [0.1, 0.15) is 51.9 Å². The maximum atomic E-state index is 12.2. The zero-order valence-electron chi connectivity index (χ0n) is 10.9. The predicted molar refractivity (Wildman–Crippen MR) is 68.5 cm³/mol. The fraction of sp³-hybridized carbons (Fsp3) is 0.923. The molecule has 1 fully saturated rings. The Bertz CT molecular complexity index is 238. The van der Waals surface area contributed by atoms with Crippen LogP contribution in [0.25, 0.3) is 0 Å². The summed E-state index contributed by atoms with van der Waals surface area (Å²) in [6, 6.07) is 0. The Kier molecular flexibility index (Phi) is 5.92. The first-order valence-corrected chi connectivity index (χ1v) is 6.81. The zero-order valence-corrected chi connectivity index (χ0v) is 10.9. The van der Waals surface area contributed by atoms with Gasteiger partial charge < -0.3 is 16.2 Å². The normalized spacial score (nSPS) is 20.9. The van der Waals surface area contributed by atoms with Gasteiger partial charge in [-0.1, -0.05) is 32.6 Å². The number of nitrogens with one attached hydrogen (secondary N) is 1. The van der Waals surface area contributed by atoms with Gasteiger partial charge in [-0.3, -0.25) is 4.79 Å². The lowest BCUT2D eigenvalue weighted by atomic mass is 9.73. The molecule has 0 aromatic carbocycles. The number of aliphatic hydroxyl groups is 1. The summed E-state index contributed by atoms with van der Waals surface area (Å²) in [4.78, 5) is 12.2. The van der Waals surface area contributed by atoms with E-state index in [2.05, 4.69) is 5.32 Å². The van der Waals surface area contributed by atoms with Gasteiger partial charge in [0, 0.05) is 13.1 Å². The second kappa shape index (κ2) is 6.97. The van der Waals surface area contributed by atoms with Gasteiger partial charge >= 0.3 is 0 Å². The van der Waals surface area contributed by atoms with Gasteiger partial charge in [-0.2, -0.15) is 0 Å². The van der Waals surface area contributed by atoms with Crippen LogP contribution < -0.4 is 11.1 Å². The Labute approximate surface area is 104 Å². The Hall–Kier alpha value is -0.610. The maximum Gasteiger partial charge on any atom is 0.227 e. The quantitative estimate of drug-likeness (QED) is 0.654. The number of hydrogen-bond acceptors (Lipinski definition) is 3. The summed E-state index contributed by atoms with van der Waals surface area (Å²) in [6.07, 6.45) is 6.38. The summed E-state index contributed by atoms with van der Waals surface area (Å²) >= 11 is 0. The molecule has 4 heteroatoms. The van der Waals surface area contributed by atoms with Gasteiger partial charge in [-0.05, 0) is 19.3 Å². The second-order valence-corrected chi connectivity index (χ2v) is 5.20. The molecule has 17 heavy (non-hydrogen) atoms. The summed E-state index contributed by atoms with van der Waals surface area (Å²) in [5.41, 5.74) is 5.41. The molecular weight excluding hydrogens is 216 g/mol. The third-order valence-electron chi connectivity index (χ3n) is 3.80. The van der Waals surface area contributed by atoms with Crippen LogP contribution in [-0.2, 0) is 4.79 Å². The fourth-order valence-electron chi connectivity index (χ4n) is 2.59. The fourth-order valence-corrected chi connectivity index (χ4v) is 2.59. The first-order valence-electron chi connectivity index (χ1n) is 6.81. The molecule has 0 aromatic rings. The van der Waals surface area contributed by atoms with Crippen LogP contribution in [-0.4, -0.2) is 30.2 Å². The van der Waals surface area contributed by atoms with Gasteiger partial charge in [0.2, 0.25) is 5.91 Å². The standard InChI is InChI=1S/C13H26N2O2/c1-2-6-11(16)9-15-12(17)13(10-14)7-4-3-5-8-13/h11,16H,2-10,14H2,1H3,(H,15,17). The highest BCUT2D eigenvalue weighted by Gasteiger charge is 2.37. The van der Waals surface area contributed by atoms with Crippen molar-refractivity contribution < 1.29 is 9.90 Å². The molecule has 0 heterocycles. The molecule has 0 aromatic heterocycles. The molecule has 1 atom stereocenters. The molecule has 1 unspecified atom stereocenters. The van der Waals surface area contributed by atoms with Gasteiger partial charge in [-0.25, -0.2) is 0 Å². The molecule has 1 aliphatic carbocycles. The van der Waals surface area contributed by atoms with Crippen molar-refractivity contribution in [3.8, 4) is 0 Å².